The molecule has 0 saturated carbocycles. The van der Waals surface area contributed by atoms with Crippen LogP contribution in [0.2, 0.25) is 0 Å². The number of aromatic nitrogens is 3. The van der Waals surface area contributed by atoms with Gasteiger partial charge in [0.05, 0.1) is 12.2 Å². The largest absolute Gasteiger partial charge is 0.347 e. The van der Waals surface area contributed by atoms with Gasteiger partial charge in [0.1, 0.15) is 10.5 Å². The third-order valence-electron chi connectivity index (χ3n) is 4.52. The van der Waals surface area contributed by atoms with E-state index in [1.165, 1.54) is 0 Å². The van der Waals surface area contributed by atoms with Crippen LogP contribution in [0.3, 0.4) is 0 Å². The van der Waals surface area contributed by atoms with Crippen LogP contribution in [0, 0.1) is 0 Å². The molecule has 3 rings (SSSR count). The topological polar surface area (TPSA) is 71.8 Å². The summed E-state index contributed by atoms with van der Waals surface area (Å²) in [4.78, 5) is 17.6. The Kier molecular flexibility index (Phi) is 8.07. The minimum Gasteiger partial charge on any atom is -0.347 e. The number of hydrogen-bond donors (Lipinski definition) is 2. The average Bonchev–Trinajstić information content (AvgIpc) is 3.24. The van der Waals surface area contributed by atoms with Crippen molar-refractivity contribution in [2.75, 3.05) is 13.1 Å². The summed E-state index contributed by atoms with van der Waals surface area (Å²) in [5.41, 5.74) is 0.503. The summed E-state index contributed by atoms with van der Waals surface area (Å²) in [7, 11) is 0. The maximum absolute atomic E-state index is 13.0. The summed E-state index contributed by atoms with van der Waals surface area (Å²) >= 11 is 1.60. The molecular formula is C17H27Cl2N5OS. The van der Waals surface area contributed by atoms with Crippen LogP contribution >= 0.6 is 36.2 Å². The third-order valence-corrected chi connectivity index (χ3v) is 5.37. The van der Waals surface area contributed by atoms with Gasteiger partial charge in [-0.05, 0) is 32.0 Å². The van der Waals surface area contributed by atoms with Gasteiger partial charge >= 0.3 is 0 Å². The SMILES string of the molecule is CC(C)(C)c1csc(CNC(=O)C2(n3cccn3)CCNCC2)n1.Cl.Cl. The molecule has 1 fully saturated rings. The number of nitrogens with zero attached hydrogens (tertiary/aromatic N) is 3. The predicted molar refractivity (Wildman–Crippen MR) is 109 cm³/mol. The predicted octanol–water partition coefficient (Wildman–Crippen LogP) is 2.88. The Morgan fingerprint density at radius 1 is 1.35 bits per heavy atom. The number of hydrogen-bond acceptors (Lipinski definition) is 5. The Bertz CT molecular complexity index is 690. The summed E-state index contributed by atoms with van der Waals surface area (Å²) in [5.74, 6) is 0.0280. The molecule has 0 aromatic carbocycles. The van der Waals surface area contributed by atoms with E-state index >= 15 is 0 Å². The van der Waals surface area contributed by atoms with Crippen molar-refractivity contribution in [2.45, 2.75) is 51.1 Å². The van der Waals surface area contributed by atoms with Gasteiger partial charge in [-0.1, -0.05) is 20.8 Å². The van der Waals surface area contributed by atoms with Crippen molar-refractivity contribution in [3.05, 3.63) is 34.5 Å². The Labute approximate surface area is 171 Å². The van der Waals surface area contributed by atoms with Crippen LogP contribution in [0.25, 0.3) is 0 Å². The second-order valence-corrected chi connectivity index (χ2v) is 8.23. The van der Waals surface area contributed by atoms with Crippen molar-refractivity contribution in [2.24, 2.45) is 0 Å². The fourth-order valence-corrected chi connectivity index (χ4v) is 3.94. The second-order valence-electron chi connectivity index (χ2n) is 7.29. The van der Waals surface area contributed by atoms with Gasteiger partial charge in [-0.3, -0.25) is 9.48 Å². The van der Waals surface area contributed by atoms with E-state index in [2.05, 4.69) is 46.9 Å². The summed E-state index contributed by atoms with van der Waals surface area (Å²) in [6, 6.07) is 1.87. The fourth-order valence-electron chi connectivity index (χ4n) is 2.98. The Morgan fingerprint density at radius 2 is 2.04 bits per heavy atom. The van der Waals surface area contributed by atoms with Crippen molar-refractivity contribution >= 4 is 42.1 Å². The van der Waals surface area contributed by atoms with E-state index in [1.807, 2.05) is 16.9 Å². The number of nitrogens with one attached hydrogen (secondary N) is 2. The number of carbonyl (C=O) groups excluding carboxylic acids is 1. The summed E-state index contributed by atoms with van der Waals surface area (Å²) in [6.07, 6.45) is 5.09. The molecular weight excluding hydrogens is 393 g/mol. The minimum absolute atomic E-state index is 0. The Morgan fingerprint density at radius 3 is 2.58 bits per heavy atom. The van der Waals surface area contributed by atoms with Gasteiger partial charge in [0, 0.05) is 23.2 Å². The smallest absolute Gasteiger partial charge is 0.248 e. The van der Waals surface area contributed by atoms with E-state index in [0.29, 0.717) is 6.54 Å². The molecule has 0 atom stereocenters. The lowest BCUT2D eigenvalue weighted by atomic mass is 9.87. The van der Waals surface area contributed by atoms with Crippen LogP contribution in [0.1, 0.15) is 44.3 Å². The van der Waals surface area contributed by atoms with Crippen molar-refractivity contribution in [3.63, 3.8) is 0 Å². The zero-order chi connectivity index (χ0) is 17.2. The molecule has 6 nitrogen and oxygen atoms in total. The van der Waals surface area contributed by atoms with Crippen LogP contribution < -0.4 is 10.6 Å². The normalized spacial score (nSPS) is 16.3. The van der Waals surface area contributed by atoms with E-state index < -0.39 is 5.54 Å². The molecule has 2 aromatic rings. The monoisotopic (exact) mass is 419 g/mol. The van der Waals surface area contributed by atoms with Crippen LogP contribution in [-0.4, -0.2) is 33.8 Å². The number of piperidine rings is 1. The first-order valence-corrected chi connectivity index (χ1v) is 9.24. The number of thiazole rings is 1. The maximum atomic E-state index is 13.0. The van der Waals surface area contributed by atoms with Gasteiger partial charge in [-0.25, -0.2) is 4.98 Å². The standard InChI is InChI=1S/C17H25N5OS.2ClH/c1-16(2,3)13-12-24-14(21-13)11-19-15(23)17(5-8-18-9-6-17)22-10-4-7-20-22;;/h4,7,10,12,18H,5-6,8-9,11H2,1-3H3,(H,19,23);2*1H. The third kappa shape index (κ3) is 4.76. The second kappa shape index (κ2) is 9.17. The van der Waals surface area contributed by atoms with Crippen LogP contribution in [0.4, 0.5) is 0 Å². The van der Waals surface area contributed by atoms with Crippen LogP contribution in [-0.2, 0) is 22.3 Å². The van der Waals surface area contributed by atoms with Crippen molar-refractivity contribution < 1.29 is 4.79 Å². The molecule has 1 saturated heterocycles. The molecule has 146 valence electrons. The zero-order valence-electron chi connectivity index (χ0n) is 15.3. The van der Waals surface area contributed by atoms with E-state index in [1.54, 1.807) is 17.5 Å². The number of halogens is 2. The van der Waals surface area contributed by atoms with Gasteiger partial charge in [0.15, 0.2) is 0 Å². The van der Waals surface area contributed by atoms with Crippen LogP contribution in [0.15, 0.2) is 23.8 Å². The molecule has 2 aromatic heterocycles. The summed E-state index contributed by atoms with van der Waals surface area (Å²) in [6.45, 7) is 8.54. The molecule has 0 spiro atoms. The molecule has 3 heterocycles. The summed E-state index contributed by atoms with van der Waals surface area (Å²) < 4.78 is 1.81. The Balaban J connectivity index is 0.00000169. The molecule has 0 aliphatic carbocycles. The minimum atomic E-state index is -0.598. The van der Waals surface area contributed by atoms with E-state index in [9.17, 15) is 4.79 Å². The van der Waals surface area contributed by atoms with Gasteiger partial charge in [-0.15, -0.1) is 36.2 Å². The zero-order valence-corrected chi connectivity index (χ0v) is 17.8. The van der Waals surface area contributed by atoms with Gasteiger partial charge in [0.25, 0.3) is 0 Å². The lowest BCUT2D eigenvalue weighted by Gasteiger charge is -2.36. The quantitative estimate of drug-likeness (QED) is 0.798. The molecule has 26 heavy (non-hydrogen) atoms. The van der Waals surface area contributed by atoms with E-state index in [4.69, 9.17) is 0 Å². The first-order valence-electron chi connectivity index (χ1n) is 8.36. The Hall–Kier alpha value is -1.15. The summed E-state index contributed by atoms with van der Waals surface area (Å²) in [5, 5.41) is 13.8. The fraction of sp³-hybridized carbons (Fsp3) is 0.588. The first-order chi connectivity index (χ1) is 11.4. The van der Waals surface area contributed by atoms with Gasteiger partial charge in [-0.2, -0.15) is 5.10 Å². The van der Waals surface area contributed by atoms with E-state index in [-0.39, 0.29) is 36.1 Å². The number of rotatable bonds is 4. The maximum Gasteiger partial charge on any atom is 0.248 e. The molecule has 2 N–H and O–H groups in total. The van der Waals surface area contributed by atoms with Crippen molar-refractivity contribution in [3.8, 4) is 0 Å². The highest BCUT2D eigenvalue weighted by atomic mass is 35.5. The van der Waals surface area contributed by atoms with Crippen molar-refractivity contribution in [1.29, 1.82) is 0 Å². The van der Waals surface area contributed by atoms with E-state index in [0.717, 1.165) is 36.6 Å². The van der Waals surface area contributed by atoms with Gasteiger partial charge in [0.2, 0.25) is 5.91 Å². The molecule has 1 aliphatic heterocycles. The van der Waals surface area contributed by atoms with Gasteiger partial charge < -0.3 is 10.6 Å². The lowest BCUT2D eigenvalue weighted by Crippen LogP contribution is -2.54. The van der Waals surface area contributed by atoms with Crippen molar-refractivity contribution in [1.82, 2.24) is 25.4 Å². The highest BCUT2D eigenvalue weighted by Crippen LogP contribution is 2.28. The molecule has 0 unspecified atom stereocenters. The molecule has 0 radical (unpaired) electrons. The highest BCUT2D eigenvalue weighted by molar-refractivity contribution is 7.09. The number of carbonyl (C=O) groups is 1. The lowest BCUT2D eigenvalue weighted by molar-refractivity contribution is -0.132. The molecule has 1 aliphatic rings. The number of amides is 1. The van der Waals surface area contributed by atoms with Crippen LogP contribution in [0.5, 0.6) is 0 Å². The first kappa shape index (κ1) is 22.9. The molecule has 9 heteroatoms. The molecule has 1 amide bonds. The highest BCUT2D eigenvalue weighted by Gasteiger charge is 2.41. The average molecular weight is 420 g/mol. The molecule has 0 bridgehead atoms.